The van der Waals surface area contributed by atoms with E-state index in [4.69, 9.17) is 4.42 Å². The molecule has 0 spiro atoms. The maximum absolute atomic E-state index is 11.5. The van der Waals surface area contributed by atoms with Gasteiger partial charge in [-0.2, -0.15) is 0 Å². The topological polar surface area (TPSA) is 42.2 Å². The molecule has 0 saturated carbocycles. The molecule has 3 nitrogen and oxygen atoms in total. The van der Waals surface area contributed by atoms with Crippen LogP contribution in [0, 0.1) is 0 Å². The number of ketones is 1. The van der Waals surface area contributed by atoms with Crippen LogP contribution in [0.5, 0.6) is 0 Å². The number of carbonyl (C=O) groups is 1. The van der Waals surface area contributed by atoms with E-state index in [9.17, 15) is 4.79 Å². The van der Waals surface area contributed by atoms with Crippen molar-refractivity contribution < 1.29 is 9.21 Å². The summed E-state index contributed by atoms with van der Waals surface area (Å²) in [5, 5.41) is 3.80. The lowest BCUT2D eigenvalue weighted by molar-refractivity contribution is 0.0993. The predicted molar refractivity (Wildman–Crippen MR) is 77.2 cm³/mol. The van der Waals surface area contributed by atoms with Crippen LogP contribution in [0.15, 0.2) is 34.9 Å². The van der Waals surface area contributed by atoms with Crippen molar-refractivity contribution in [1.82, 2.24) is 5.32 Å². The molecule has 1 aromatic carbocycles. The van der Waals surface area contributed by atoms with Crippen LogP contribution < -0.4 is 5.32 Å². The van der Waals surface area contributed by atoms with E-state index in [2.05, 4.69) is 5.32 Å². The highest BCUT2D eigenvalue weighted by Gasteiger charge is 2.05. The van der Waals surface area contributed by atoms with Gasteiger partial charge in [0.25, 0.3) is 0 Å². The summed E-state index contributed by atoms with van der Waals surface area (Å²) in [6.45, 7) is 8.36. The molecule has 0 fully saturated rings. The largest absolute Gasteiger partial charge is 0.464 e. The number of carbonyl (C=O) groups excluding carboxylic acids is 1. The van der Waals surface area contributed by atoms with Crippen LogP contribution in [0.2, 0.25) is 0 Å². The Morgan fingerprint density at radius 3 is 2.44 bits per heavy atom. The number of fused-ring (bicyclic) bond motifs is 1. The van der Waals surface area contributed by atoms with Gasteiger partial charge in [0.1, 0.15) is 5.58 Å². The van der Waals surface area contributed by atoms with Crippen molar-refractivity contribution in [1.29, 1.82) is 0 Å². The Morgan fingerprint density at radius 1 is 1.17 bits per heavy atom. The van der Waals surface area contributed by atoms with Gasteiger partial charge in [0, 0.05) is 10.9 Å². The van der Waals surface area contributed by atoms with E-state index in [1.807, 2.05) is 45.9 Å². The van der Waals surface area contributed by atoms with Crippen molar-refractivity contribution in [3.8, 4) is 0 Å². The Hall–Kier alpha value is -1.61. The molecule has 1 aromatic heterocycles. The second-order valence-electron chi connectivity index (χ2n) is 3.13. The minimum absolute atomic E-state index is 0.0931. The van der Waals surface area contributed by atoms with Gasteiger partial charge in [0.15, 0.2) is 5.78 Å². The Kier molecular flexibility index (Phi) is 8.58. The lowest BCUT2D eigenvalue weighted by atomic mass is 10.1. The summed E-state index contributed by atoms with van der Waals surface area (Å²) in [5.74, 6) is 0.0931. The summed E-state index contributed by atoms with van der Waals surface area (Å²) in [6, 6.07) is 7.30. The van der Waals surface area contributed by atoms with Crippen LogP contribution >= 0.6 is 0 Å². The molecule has 1 heterocycles. The highest BCUT2D eigenvalue weighted by Crippen LogP contribution is 2.16. The molecule has 0 bridgehead atoms. The van der Waals surface area contributed by atoms with Gasteiger partial charge in [0.05, 0.1) is 12.8 Å². The molecule has 0 aliphatic carbocycles. The molecule has 0 aliphatic heterocycles. The average Bonchev–Trinajstić information content (AvgIpc) is 2.91. The number of rotatable bonds is 3. The number of hydrogen-bond acceptors (Lipinski definition) is 3. The van der Waals surface area contributed by atoms with E-state index in [1.165, 1.54) is 0 Å². The first-order chi connectivity index (χ1) is 8.81. The molecule has 3 heteroatoms. The fourth-order valence-electron chi connectivity index (χ4n) is 1.40. The minimum atomic E-state index is 0.0931. The molecule has 100 valence electrons. The first-order valence-corrected chi connectivity index (χ1v) is 6.46. The van der Waals surface area contributed by atoms with Crippen molar-refractivity contribution in [3.63, 3.8) is 0 Å². The first kappa shape index (κ1) is 16.4. The summed E-state index contributed by atoms with van der Waals surface area (Å²) >= 11 is 0. The molecule has 18 heavy (non-hydrogen) atoms. The number of likely N-dealkylation sites (N-methyl/N-ethyl adjacent to an activating group) is 1. The lowest BCUT2D eigenvalue weighted by Gasteiger charge is -1.99. The van der Waals surface area contributed by atoms with Crippen molar-refractivity contribution in [2.24, 2.45) is 0 Å². The highest BCUT2D eigenvalue weighted by atomic mass is 16.3. The molecule has 2 rings (SSSR count). The molecular formula is C15H23NO2. The standard InChI is InChI=1S/C11H11NO2.2C2H6/c1-12-7-10(13)8-2-3-11-9(6-8)4-5-14-11;2*1-2/h2-6,12H,7H2,1H3;2*1-2H3. The van der Waals surface area contributed by atoms with Gasteiger partial charge in [-0.05, 0) is 31.3 Å². The summed E-state index contributed by atoms with van der Waals surface area (Å²) in [5.41, 5.74) is 1.53. The van der Waals surface area contributed by atoms with Crippen molar-refractivity contribution in [2.45, 2.75) is 27.7 Å². The lowest BCUT2D eigenvalue weighted by Crippen LogP contribution is -2.18. The molecule has 1 N–H and O–H groups in total. The van der Waals surface area contributed by atoms with E-state index >= 15 is 0 Å². The van der Waals surface area contributed by atoms with Crippen LogP contribution in [0.3, 0.4) is 0 Å². The van der Waals surface area contributed by atoms with Crippen LogP contribution in [0.1, 0.15) is 38.1 Å². The zero-order valence-electron chi connectivity index (χ0n) is 11.9. The quantitative estimate of drug-likeness (QED) is 0.839. The van der Waals surface area contributed by atoms with E-state index < -0.39 is 0 Å². The van der Waals surface area contributed by atoms with E-state index in [1.54, 1.807) is 19.4 Å². The summed E-state index contributed by atoms with van der Waals surface area (Å²) < 4.78 is 5.19. The van der Waals surface area contributed by atoms with Crippen molar-refractivity contribution in [2.75, 3.05) is 13.6 Å². The average molecular weight is 249 g/mol. The predicted octanol–water partition coefficient (Wildman–Crippen LogP) is 3.89. The number of furan rings is 1. The third-order valence-electron chi connectivity index (χ3n) is 2.11. The van der Waals surface area contributed by atoms with E-state index in [-0.39, 0.29) is 5.78 Å². The molecule has 0 radical (unpaired) electrons. The van der Waals surface area contributed by atoms with E-state index in [0.717, 1.165) is 11.0 Å². The smallest absolute Gasteiger partial charge is 0.176 e. The van der Waals surface area contributed by atoms with Crippen molar-refractivity contribution >= 4 is 16.8 Å². The van der Waals surface area contributed by atoms with Crippen LogP contribution in [0.4, 0.5) is 0 Å². The van der Waals surface area contributed by atoms with Gasteiger partial charge < -0.3 is 9.73 Å². The molecule has 0 saturated heterocycles. The van der Waals surface area contributed by atoms with Gasteiger partial charge in [-0.15, -0.1) is 0 Å². The normalized spacial score (nSPS) is 8.94. The molecule has 0 aliphatic rings. The van der Waals surface area contributed by atoms with Crippen LogP contribution in [-0.2, 0) is 0 Å². The maximum atomic E-state index is 11.5. The van der Waals surface area contributed by atoms with Crippen LogP contribution in [0.25, 0.3) is 11.0 Å². The Morgan fingerprint density at radius 2 is 1.83 bits per heavy atom. The number of nitrogens with one attached hydrogen (secondary N) is 1. The van der Waals surface area contributed by atoms with Gasteiger partial charge >= 0.3 is 0 Å². The van der Waals surface area contributed by atoms with Crippen molar-refractivity contribution in [3.05, 3.63) is 36.1 Å². The van der Waals surface area contributed by atoms with Gasteiger partial charge in [-0.1, -0.05) is 27.7 Å². The monoisotopic (exact) mass is 249 g/mol. The number of hydrogen-bond donors (Lipinski definition) is 1. The summed E-state index contributed by atoms with van der Waals surface area (Å²) in [6.07, 6.45) is 1.62. The second kappa shape index (κ2) is 9.42. The molecular weight excluding hydrogens is 226 g/mol. The first-order valence-electron chi connectivity index (χ1n) is 6.46. The fourth-order valence-corrected chi connectivity index (χ4v) is 1.40. The van der Waals surface area contributed by atoms with E-state index in [0.29, 0.717) is 12.1 Å². The highest BCUT2D eigenvalue weighted by molar-refractivity contribution is 6.00. The fraction of sp³-hybridized carbons (Fsp3) is 0.400. The zero-order chi connectivity index (χ0) is 14.0. The van der Waals surface area contributed by atoms with Gasteiger partial charge in [-0.25, -0.2) is 0 Å². The number of benzene rings is 1. The molecule has 0 amide bonds. The Bertz CT molecular complexity index is 460. The summed E-state index contributed by atoms with van der Waals surface area (Å²) in [7, 11) is 1.76. The maximum Gasteiger partial charge on any atom is 0.176 e. The SMILES string of the molecule is CC.CC.CNCC(=O)c1ccc2occc2c1. The Balaban J connectivity index is 0.000000659. The van der Waals surface area contributed by atoms with Gasteiger partial charge in [0.2, 0.25) is 0 Å². The third-order valence-corrected chi connectivity index (χ3v) is 2.11. The molecule has 0 unspecified atom stereocenters. The zero-order valence-corrected chi connectivity index (χ0v) is 11.9. The second-order valence-corrected chi connectivity index (χ2v) is 3.13. The minimum Gasteiger partial charge on any atom is -0.464 e. The Labute approximate surface area is 109 Å². The van der Waals surface area contributed by atoms with Gasteiger partial charge in [-0.3, -0.25) is 4.79 Å². The molecule has 0 atom stereocenters. The van der Waals surface area contributed by atoms with Crippen LogP contribution in [-0.4, -0.2) is 19.4 Å². The molecule has 2 aromatic rings. The third kappa shape index (κ3) is 4.34. The number of Topliss-reactive ketones (excluding diaryl/α,β-unsaturated/α-hetero) is 1. The summed E-state index contributed by atoms with van der Waals surface area (Å²) in [4.78, 5) is 11.5.